The molecule has 0 radical (unpaired) electrons. The molecule has 0 bridgehead atoms. The molecule has 3 nitrogen and oxygen atoms in total. The van der Waals surface area contributed by atoms with E-state index in [0.717, 1.165) is 17.7 Å². The molecular weight excluding hydrogens is 238 g/mol. The summed E-state index contributed by atoms with van der Waals surface area (Å²) in [5.41, 5.74) is 2.34. The van der Waals surface area contributed by atoms with E-state index in [0.29, 0.717) is 17.5 Å². The van der Waals surface area contributed by atoms with Gasteiger partial charge in [0.1, 0.15) is 0 Å². The van der Waals surface area contributed by atoms with Gasteiger partial charge >= 0.3 is 5.97 Å². The maximum Gasteiger partial charge on any atom is 0.337 e. The maximum absolute atomic E-state index is 11.4. The molecule has 0 saturated heterocycles. The molecule has 0 aromatic heterocycles. The van der Waals surface area contributed by atoms with Crippen LogP contribution in [0.2, 0.25) is 0 Å². The summed E-state index contributed by atoms with van der Waals surface area (Å²) in [5.74, 6) is -0.214. The molecule has 1 saturated carbocycles. The lowest BCUT2D eigenvalue weighted by molar-refractivity contribution is 0.0697. The van der Waals surface area contributed by atoms with E-state index in [1.54, 1.807) is 6.07 Å². The van der Waals surface area contributed by atoms with Crippen molar-refractivity contribution >= 4 is 11.7 Å². The van der Waals surface area contributed by atoms with Crippen molar-refractivity contribution in [3.63, 3.8) is 0 Å². The molecule has 19 heavy (non-hydrogen) atoms. The first-order valence-electron chi connectivity index (χ1n) is 7.08. The van der Waals surface area contributed by atoms with Crippen molar-refractivity contribution in [2.24, 2.45) is 5.92 Å². The van der Waals surface area contributed by atoms with Gasteiger partial charge in [0.25, 0.3) is 0 Å². The van der Waals surface area contributed by atoms with Gasteiger partial charge in [-0.05, 0) is 37.3 Å². The number of carboxylic acid groups (broad SMARTS) is 1. The summed E-state index contributed by atoms with van der Waals surface area (Å²) < 4.78 is 0. The van der Waals surface area contributed by atoms with Gasteiger partial charge < -0.3 is 10.0 Å². The highest BCUT2D eigenvalue weighted by atomic mass is 16.4. The van der Waals surface area contributed by atoms with Crippen LogP contribution in [-0.2, 0) is 0 Å². The Balaban J connectivity index is 2.37. The van der Waals surface area contributed by atoms with Gasteiger partial charge in [-0.3, -0.25) is 0 Å². The first-order valence-corrected chi connectivity index (χ1v) is 7.08. The lowest BCUT2D eigenvalue weighted by Gasteiger charge is -2.39. The van der Waals surface area contributed by atoms with Gasteiger partial charge in [-0.2, -0.15) is 0 Å². The molecule has 104 valence electrons. The van der Waals surface area contributed by atoms with Gasteiger partial charge in [0, 0.05) is 13.1 Å². The summed E-state index contributed by atoms with van der Waals surface area (Å²) in [6.45, 7) is 4.27. The predicted molar refractivity (Wildman–Crippen MR) is 78.0 cm³/mol. The van der Waals surface area contributed by atoms with E-state index in [2.05, 4.69) is 11.8 Å². The van der Waals surface area contributed by atoms with Crippen LogP contribution in [0.5, 0.6) is 0 Å². The van der Waals surface area contributed by atoms with Crippen LogP contribution >= 0.6 is 0 Å². The molecule has 1 fully saturated rings. The van der Waals surface area contributed by atoms with E-state index < -0.39 is 5.97 Å². The Morgan fingerprint density at radius 1 is 1.32 bits per heavy atom. The number of benzene rings is 1. The number of hydrogen-bond donors (Lipinski definition) is 1. The van der Waals surface area contributed by atoms with Crippen LogP contribution in [0.25, 0.3) is 0 Å². The van der Waals surface area contributed by atoms with Gasteiger partial charge in [0.15, 0.2) is 0 Å². The van der Waals surface area contributed by atoms with Crippen LogP contribution in [0.1, 0.15) is 48.5 Å². The van der Waals surface area contributed by atoms with E-state index >= 15 is 0 Å². The van der Waals surface area contributed by atoms with Crippen LogP contribution in [0, 0.1) is 12.8 Å². The summed E-state index contributed by atoms with van der Waals surface area (Å²) in [6.07, 6.45) is 4.94. The second kappa shape index (κ2) is 5.64. The predicted octanol–water partition coefficient (Wildman–Crippen LogP) is 3.71. The smallest absolute Gasteiger partial charge is 0.337 e. The van der Waals surface area contributed by atoms with Gasteiger partial charge in [0.2, 0.25) is 0 Å². The number of para-hydroxylation sites is 1. The molecule has 1 aliphatic rings. The van der Waals surface area contributed by atoms with Crippen molar-refractivity contribution in [3.8, 4) is 0 Å². The van der Waals surface area contributed by atoms with E-state index in [1.807, 2.05) is 26.1 Å². The number of anilines is 1. The zero-order valence-corrected chi connectivity index (χ0v) is 12.0. The summed E-state index contributed by atoms with van der Waals surface area (Å²) in [6, 6.07) is 5.97. The minimum absolute atomic E-state index is 0.417. The number of rotatable bonds is 3. The lowest BCUT2D eigenvalue weighted by Crippen LogP contribution is -2.40. The molecule has 0 heterocycles. The highest BCUT2D eigenvalue weighted by Gasteiger charge is 2.28. The highest BCUT2D eigenvalue weighted by Crippen LogP contribution is 2.33. The van der Waals surface area contributed by atoms with Crippen molar-refractivity contribution in [2.75, 3.05) is 11.9 Å². The number of aromatic carboxylic acids is 1. The second-order valence-corrected chi connectivity index (χ2v) is 5.72. The average molecular weight is 261 g/mol. The largest absolute Gasteiger partial charge is 0.478 e. The Hall–Kier alpha value is -1.51. The Labute approximate surface area is 115 Å². The summed E-state index contributed by atoms with van der Waals surface area (Å²) >= 11 is 0. The molecule has 1 aromatic carbocycles. The fraction of sp³-hybridized carbons (Fsp3) is 0.562. The summed E-state index contributed by atoms with van der Waals surface area (Å²) in [5, 5.41) is 9.38. The van der Waals surface area contributed by atoms with Crippen LogP contribution < -0.4 is 4.90 Å². The van der Waals surface area contributed by atoms with Crippen LogP contribution in [-0.4, -0.2) is 24.2 Å². The third-order valence-corrected chi connectivity index (χ3v) is 4.38. The third kappa shape index (κ3) is 2.75. The van der Waals surface area contributed by atoms with E-state index in [-0.39, 0.29) is 0 Å². The fourth-order valence-electron chi connectivity index (χ4n) is 3.34. The minimum atomic E-state index is -0.839. The fourth-order valence-corrected chi connectivity index (χ4v) is 3.34. The highest BCUT2D eigenvalue weighted by molar-refractivity contribution is 5.95. The molecule has 1 aliphatic carbocycles. The lowest BCUT2D eigenvalue weighted by atomic mass is 9.84. The summed E-state index contributed by atoms with van der Waals surface area (Å²) in [4.78, 5) is 13.6. The van der Waals surface area contributed by atoms with Crippen molar-refractivity contribution in [1.29, 1.82) is 0 Å². The Bertz CT molecular complexity index is 470. The Morgan fingerprint density at radius 2 is 2.00 bits per heavy atom. The molecule has 0 spiro atoms. The zero-order valence-electron chi connectivity index (χ0n) is 12.0. The second-order valence-electron chi connectivity index (χ2n) is 5.72. The van der Waals surface area contributed by atoms with Crippen molar-refractivity contribution in [1.82, 2.24) is 0 Å². The molecule has 1 N–H and O–H groups in total. The quantitative estimate of drug-likeness (QED) is 0.901. The van der Waals surface area contributed by atoms with Crippen LogP contribution in [0.3, 0.4) is 0 Å². The molecule has 2 unspecified atom stereocenters. The first kappa shape index (κ1) is 13.9. The Kier molecular flexibility index (Phi) is 4.13. The van der Waals surface area contributed by atoms with Crippen LogP contribution in [0.4, 0.5) is 5.69 Å². The minimum Gasteiger partial charge on any atom is -0.478 e. The number of nitrogens with zero attached hydrogens (tertiary/aromatic N) is 1. The number of aryl methyl sites for hydroxylation is 1. The number of carbonyl (C=O) groups is 1. The van der Waals surface area contributed by atoms with Gasteiger partial charge in [-0.25, -0.2) is 4.79 Å². The van der Waals surface area contributed by atoms with Crippen molar-refractivity contribution in [2.45, 2.75) is 45.6 Å². The van der Waals surface area contributed by atoms with E-state index in [1.165, 1.54) is 19.3 Å². The molecule has 1 aromatic rings. The maximum atomic E-state index is 11.4. The molecule has 3 heteroatoms. The SMILES string of the molecule is Cc1cccc(C(=O)O)c1N(C)C1CCCCC1C. The molecule has 2 atom stereocenters. The van der Waals surface area contributed by atoms with Crippen LogP contribution in [0.15, 0.2) is 18.2 Å². The average Bonchev–Trinajstić information content (AvgIpc) is 2.38. The van der Waals surface area contributed by atoms with E-state index in [9.17, 15) is 9.90 Å². The molecule has 0 aliphatic heterocycles. The van der Waals surface area contributed by atoms with Gasteiger partial charge in [0.05, 0.1) is 11.3 Å². The molecule has 2 rings (SSSR count). The number of hydrogen-bond acceptors (Lipinski definition) is 2. The van der Waals surface area contributed by atoms with Gasteiger partial charge in [-0.15, -0.1) is 0 Å². The van der Waals surface area contributed by atoms with E-state index in [4.69, 9.17) is 0 Å². The normalized spacial score (nSPS) is 23.1. The number of carboxylic acids is 1. The monoisotopic (exact) mass is 261 g/mol. The molecule has 0 amide bonds. The summed E-state index contributed by atoms with van der Waals surface area (Å²) in [7, 11) is 2.04. The molecular formula is C16H23NO2. The Morgan fingerprint density at radius 3 is 2.63 bits per heavy atom. The van der Waals surface area contributed by atoms with Crippen molar-refractivity contribution in [3.05, 3.63) is 29.3 Å². The standard InChI is InChI=1S/C16H23NO2/c1-11-7-4-5-10-14(11)17(3)15-12(2)8-6-9-13(15)16(18)19/h6,8-9,11,14H,4-5,7,10H2,1-3H3,(H,18,19). The topological polar surface area (TPSA) is 40.5 Å². The first-order chi connectivity index (χ1) is 9.02. The van der Waals surface area contributed by atoms with Gasteiger partial charge in [-0.1, -0.05) is 31.9 Å². The van der Waals surface area contributed by atoms with Crippen molar-refractivity contribution < 1.29 is 9.90 Å². The zero-order chi connectivity index (χ0) is 14.0. The third-order valence-electron chi connectivity index (χ3n) is 4.38.